The summed E-state index contributed by atoms with van der Waals surface area (Å²) in [6, 6.07) is 16.8. The second kappa shape index (κ2) is 6.22. The van der Waals surface area contributed by atoms with Crippen LogP contribution in [0.4, 0.5) is 0 Å². The van der Waals surface area contributed by atoms with Crippen LogP contribution in [-0.4, -0.2) is 14.2 Å². The SMILES string of the molecule is O=S(=O)(CCCc1cc[c]cc1)c1ccc(Cl)cc1. The van der Waals surface area contributed by atoms with Crippen molar-refractivity contribution in [3.05, 3.63) is 65.2 Å². The summed E-state index contributed by atoms with van der Waals surface area (Å²) in [5.74, 6) is 0.146. The smallest absolute Gasteiger partial charge is 0.178 e. The summed E-state index contributed by atoms with van der Waals surface area (Å²) in [5.41, 5.74) is 1.13. The minimum absolute atomic E-state index is 0.146. The maximum absolute atomic E-state index is 12.1. The highest BCUT2D eigenvalue weighted by molar-refractivity contribution is 7.91. The second-order valence-electron chi connectivity index (χ2n) is 4.28. The minimum Gasteiger partial charge on any atom is -0.224 e. The van der Waals surface area contributed by atoms with Crippen LogP contribution >= 0.6 is 11.6 Å². The Morgan fingerprint density at radius 3 is 2.26 bits per heavy atom. The molecular formula is C15H14ClO2S. The number of hydrogen-bond donors (Lipinski definition) is 0. The van der Waals surface area contributed by atoms with Crippen LogP contribution in [0.5, 0.6) is 0 Å². The summed E-state index contributed by atoms with van der Waals surface area (Å²) in [6.07, 6.45) is 1.36. The van der Waals surface area contributed by atoms with Crippen LogP contribution in [0.2, 0.25) is 5.02 Å². The first kappa shape index (κ1) is 14.1. The lowest BCUT2D eigenvalue weighted by Crippen LogP contribution is -2.07. The molecule has 4 heteroatoms. The lowest BCUT2D eigenvalue weighted by molar-refractivity contribution is 0.593. The Bertz CT molecular complexity index is 619. The van der Waals surface area contributed by atoms with Gasteiger partial charge in [0.25, 0.3) is 0 Å². The summed E-state index contributed by atoms with van der Waals surface area (Å²) in [4.78, 5) is 0.332. The van der Waals surface area contributed by atoms with Gasteiger partial charge >= 0.3 is 0 Å². The van der Waals surface area contributed by atoms with Crippen molar-refractivity contribution >= 4 is 21.4 Å². The Balaban J connectivity index is 1.97. The van der Waals surface area contributed by atoms with E-state index in [2.05, 4.69) is 6.07 Å². The van der Waals surface area contributed by atoms with E-state index in [1.807, 2.05) is 24.3 Å². The maximum atomic E-state index is 12.1. The summed E-state index contributed by atoms with van der Waals surface area (Å²) in [7, 11) is -3.21. The van der Waals surface area contributed by atoms with Crippen molar-refractivity contribution in [2.45, 2.75) is 17.7 Å². The Morgan fingerprint density at radius 1 is 1.00 bits per heavy atom. The van der Waals surface area contributed by atoms with Gasteiger partial charge in [0.2, 0.25) is 0 Å². The van der Waals surface area contributed by atoms with Crippen molar-refractivity contribution < 1.29 is 8.42 Å². The van der Waals surface area contributed by atoms with Gasteiger partial charge in [-0.1, -0.05) is 35.9 Å². The van der Waals surface area contributed by atoms with Crippen LogP contribution in [0.1, 0.15) is 12.0 Å². The maximum Gasteiger partial charge on any atom is 0.178 e. The van der Waals surface area contributed by atoms with E-state index in [0.717, 1.165) is 12.0 Å². The fraction of sp³-hybridized carbons (Fsp3) is 0.200. The summed E-state index contributed by atoms with van der Waals surface area (Å²) in [5, 5.41) is 0.541. The first-order valence-electron chi connectivity index (χ1n) is 6.01. The molecular weight excluding hydrogens is 280 g/mol. The molecule has 0 aliphatic rings. The molecule has 0 aromatic heterocycles. The average molecular weight is 294 g/mol. The van der Waals surface area contributed by atoms with E-state index < -0.39 is 9.84 Å². The largest absolute Gasteiger partial charge is 0.224 e. The average Bonchev–Trinajstić information content (AvgIpc) is 2.40. The van der Waals surface area contributed by atoms with Gasteiger partial charge < -0.3 is 0 Å². The molecule has 99 valence electrons. The van der Waals surface area contributed by atoms with E-state index in [1.54, 1.807) is 24.3 Å². The van der Waals surface area contributed by atoms with Gasteiger partial charge in [-0.3, -0.25) is 0 Å². The molecule has 0 spiro atoms. The molecule has 0 atom stereocenters. The molecule has 0 aliphatic heterocycles. The van der Waals surface area contributed by atoms with Gasteiger partial charge in [-0.25, -0.2) is 8.42 Å². The van der Waals surface area contributed by atoms with Crippen molar-refractivity contribution in [2.24, 2.45) is 0 Å². The van der Waals surface area contributed by atoms with Crippen molar-refractivity contribution in [1.29, 1.82) is 0 Å². The van der Waals surface area contributed by atoms with Crippen LogP contribution in [0.3, 0.4) is 0 Å². The van der Waals surface area contributed by atoms with Crippen molar-refractivity contribution in [3.63, 3.8) is 0 Å². The lowest BCUT2D eigenvalue weighted by atomic mass is 10.1. The van der Waals surface area contributed by atoms with Gasteiger partial charge in [-0.2, -0.15) is 0 Å². The molecule has 19 heavy (non-hydrogen) atoms. The van der Waals surface area contributed by atoms with Crippen LogP contribution in [0.25, 0.3) is 0 Å². The third kappa shape index (κ3) is 4.08. The highest BCUT2D eigenvalue weighted by Crippen LogP contribution is 2.16. The Hall–Kier alpha value is -1.32. The molecule has 0 amide bonds. The zero-order valence-electron chi connectivity index (χ0n) is 10.3. The van der Waals surface area contributed by atoms with Crippen LogP contribution in [0.15, 0.2) is 53.4 Å². The van der Waals surface area contributed by atoms with Gasteiger partial charge in [0.15, 0.2) is 9.84 Å². The quantitative estimate of drug-likeness (QED) is 0.845. The van der Waals surface area contributed by atoms with Crippen LogP contribution in [-0.2, 0) is 16.3 Å². The molecule has 0 saturated heterocycles. The number of hydrogen-bond acceptors (Lipinski definition) is 2. The molecule has 0 N–H and O–H groups in total. The molecule has 0 saturated carbocycles. The van der Waals surface area contributed by atoms with Gasteiger partial charge in [-0.15, -0.1) is 0 Å². The zero-order valence-corrected chi connectivity index (χ0v) is 11.9. The Morgan fingerprint density at radius 2 is 1.63 bits per heavy atom. The van der Waals surface area contributed by atoms with Crippen molar-refractivity contribution in [2.75, 3.05) is 5.75 Å². The van der Waals surface area contributed by atoms with Gasteiger partial charge in [0.1, 0.15) is 0 Å². The highest BCUT2D eigenvalue weighted by Gasteiger charge is 2.13. The predicted octanol–water partition coefficient (Wildman–Crippen LogP) is 3.55. The molecule has 2 rings (SSSR count). The summed E-state index contributed by atoms with van der Waals surface area (Å²) >= 11 is 5.75. The zero-order chi connectivity index (χ0) is 13.7. The molecule has 0 aliphatic carbocycles. The normalized spacial score (nSPS) is 11.4. The number of sulfone groups is 1. The second-order valence-corrected chi connectivity index (χ2v) is 6.83. The molecule has 0 fully saturated rings. The standard InChI is InChI=1S/C15H14ClO2S/c16-14-8-10-15(11-9-14)19(17,18)12-4-7-13-5-2-1-3-6-13/h2-3,5-6,8-11H,4,7,12H2. The molecule has 1 radical (unpaired) electrons. The van der Waals surface area contributed by atoms with Gasteiger partial charge in [0, 0.05) is 5.02 Å². The van der Waals surface area contributed by atoms with Crippen molar-refractivity contribution in [3.8, 4) is 0 Å². The third-order valence-corrected chi connectivity index (χ3v) is 4.91. The molecule has 0 heterocycles. The topological polar surface area (TPSA) is 34.1 Å². The number of rotatable bonds is 5. The summed E-state index contributed by atoms with van der Waals surface area (Å²) in [6.45, 7) is 0. The molecule has 0 bridgehead atoms. The molecule has 2 aromatic rings. The Kier molecular flexibility index (Phi) is 4.61. The molecule has 2 aromatic carbocycles. The highest BCUT2D eigenvalue weighted by atomic mass is 35.5. The number of aryl methyl sites for hydroxylation is 1. The number of halogens is 1. The lowest BCUT2D eigenvalue weighted by Gasteiger charge is -2.05. The molecule has 0 unspecified atom stereocenters. The molecule has 2 nitrogen and oxygen atoms in total. The van der Waals surface area contributed by atoms with E-state index in [9.17, 15) is 8.42 Å². The van der Waals surface area contributed by atoms with E-state index in [4.69, 9.17) is 11.6 Å². The minimum atomic E-state index is -3.21. The van der Waals surface area contributed by atoms with E-state index in [1.165, 1.54) is 0 Å². The van der Waals surface area contributed by atoms with Gasteiger partial charge in [0.05, 0.1) is 10.6 Å². The first-order valence-corrected chi connectivity index (χ1v) is 8.04. The van der Waals surface area contributed by atoms with E-state index in [-0.39, 0.29) is 5.75 Å². The van der Waals surface area contributed by atoms with E-state index in [0.29, 0.717) is 16.3 Å². The monoisotopic (exact) mass is 293 g/mol. The fourth-order valence-corrected chi connectivity index (χ4v) is 3.25. The van der Waals surface area contributed by atoms with Crippen LogP contribution < -0.4 is 0 Å². The van der Waals surface area contributed by atoms with Gasteiger partial charge in [-0.05, 0) is 48.7 Å². The van der Waals surface area contributed by atoms with Crippen molar-refractivity contribution in [1.82, 2.24) is 0 Å². The third-order valence-electron chi connectivity index (χ3n) is 2.84. The first-order chi connectivity index (χ1) is 9.08. The van der Waals surface area contributed by atoms with Crippen LogP contribution in [0, 0.1) is 6.07 Å². The predicted molar refractivity (Wildman–Crippen MR) is 77.1 cm³/mol. The summed E-state index contributed by atoms with van der Waals surface area (Å²) < 4.78 is 24.2. The number of benzene rings is 2. The Labute approximate surface area is 119 Å². The fourth-order valence-electron chi connectivity index (χ4n) is 1.81. The van der Waals surface area contributed by atoms with E-state index >= 15 is 0 Å².